The average Bonchev–Trinajstić information content (AvgIpc) is 2.64. The van der Waals surface area contributed by atoms with Crippen molar-refractivity contribution in [2.45, 2.75) is 44.3 Å². The van der Waals surface area contributed by atoms with Crippen LogP contribution in [0.5, 0.6) is 0 Å². The van der Waals surface area contributed by atoms with Gasteiger partial charge < -0.3 is 4.79 Å². The Morgan fingerprint density at radius 2 is 2.24 bits per heavy atom. The second-order valence-corrected chi connectivity index (χ2v) is 5.20. The third kappa shape index (κ3) is 4.15. The number of likely N-dealkylation sites (tertiary alicyclic amines) is 1. The van der Waals surface area contributed by atoms with Crippen molar-refractivity contribution in [3.8, 4) is 0 Å². The SMILES string of the molecule is [2H]CC(=O)CCCCCN1C(=O)CC(SC)C1=O. The fraction of sp³-hybridized carbons (Fsp3) is 0.750. The van der Waals surface area contributed by atoms with Gasteiger partial charge >= 0.3 is 0 Å². The summed E-state index contributed by atoms with van der Waals surface area (Å²) >= 11 is 1.42. The maximum Gasteiger partial charge on any atom is 0.242 e. The highest BCUT2D eigenvalue weighted by molar-refractivity contribution is 8.00. The van der Waals surface area contributed by atoms with Crippen LogP contribution in [0.3, 0.4) is 0 Å². The fourth-order valence-electron chi connectivity index (χ4n) is 1.84. The summed E-state index contributed by atoms with van der Waals surface area (Å²) in [6.45, 7) is 0.308. The van der Waals surface area contributed by atoms with Gasteiger partial charge in [-0.3, -0.25) is 14.5 Å². The minimum Gasteiger partial charge on any atom is -0.300 e. The number of unbranched alkanes of at least 4 members (excludes halogenated alkanes) is 2. The number of Topliss-reactive ketones (excluding diaryl/α,β-unsaturated/α-hetero) is 1. The Morgan fingerprint density at radius 3 is 2.82 bits per heavy atom. The molecule has 1 aliphatic heterocycles. The van der Waals surface area contributed by atoms with Gasteiger partial charge in [0.2, 0.25) is 11.8 Å². The van der Waals surface area contributed by atoms with E-state index in [9.17, 15) is 14.4 Å². The van der Waals surface area contributed by atoms with Crippen LogP contribution in [-0.4, -0.2) is 40.5 Å². The minimum atomic E-state index is -0.206. The van der Waals surface area contributed by atoms with Crippen LogP contribution < -0.4 is 0 Å². The zero-order valence-electron chi connectivity index (χ0n) is 11.1. The van der Waals surface area contributed by atoms with Crippen LogP contribution in [-0.2, 0) is 14.4 Å². The second kappa shape index (κ2) is 6.79. The molecule has 1 saturated heterocycles. The van der Waals surface area contributed by atoms with E-state index in [2.05, 4.69) is 0 Å². The molecule has 0 saturated carbocycles. The van der Waals surface area contributed by atoms with E-state index in [-0.39, 0.29) is 29.7 Å². The van der Waals surface area contributed by atoms with Gasteiger partial charge in [-0.1, -0.05) is 6.42 Å². The molecule has 0 aromatic carbocycles. The number of imide groups is 1. The Morgan fingerprint density at radius 1 is 1.47 bits per heavy atom. The van der Waals surface area contributed by atoms with Gasteiger partial charge in [0.05, 0.1) is 5.25 Å². The molecule has 0 bridgehead atoms. The molecule has 17 heavy (non-hydrogen) atoms. The Kier molecular flexibility index (Phi) is 5.04. The van der Waals surface area contributed by atoms with Gasteiger partial charge in [-0.15, -0.1) is 0 Å². The van der Waals surface area contributed by atoms with E-state index in [1.165, 1.54) is 16.7 Å². The van der Waals surface area contributed by atoms with Crippen LogP contribution in [0.15, 0.2) is 0 Å². The lowest BCUT2D eigenvalue weighted by atomic mass is 10.1. The molecule has 1 aliphatic rings. The van der Waals surface area contributed by atoms with Crippen LogP contribution in [0, 0.1) is 0 Å². The highest BCUT2D eigenvalue weighted by Crippen LogP contribution is 2.23. The van der Waals surface area contributed by atoms with Crippen molar-refractivity contribution in [2.75, 3.05) is 12.8 Å². The first kappa shape index (κ1) is 12.6. The quantitative estimate of drug-likeness (QED) is 0.514. The molecule has 0 aromatic heterocycles. The molecule has 5 heteroatoms. The first-order valence-corrected chi connectivity index (χ1v) is 7.07. The molecule has 0 radical (unpaired) electrons. The molecule has 0 spiro atoms. The van der Waals surface area contributed by atoms with Gasteiger partial charge in [0.1, 0.15) is 5.78 Å². The number of nitrogens with zero attached hydrogens (tertiary/aromatic N) is 1. The maximum atomic E-state index is 11.8. The molecule has 96 valence electrons. The summed E-state index contributed by atoms with van der Waals surface area (Å²) in [6, 6.07) is 0. The molecule has 0 aliphatic carbocycles. The Hall–Kier alpha value is -0.840. The monoisotopic (exact) mass is 258 g/mol. The van der Waals surface area contributed by atoms with Crippen LogP contribution in [0.2, 0.25) is 0 Å². The van der Waals surface area contributed by atoms with Crippen LogP contribution in [0.25, 0.3) is 0 Å². The first-order chi connectivity index (χ1) is 8.60. The summed E-state index contributed by atoms with van der Waals surface area (Å²) in [5, 5.41) is -0.206. The van der Waals surface area contributed by atoms with Gasteiger partial charge in [0.15, 0.2) is 0 Å². The topological polar surface area (TPSA) is 54.5 Å². The van der Waals surface area contributed by atoms with Crippen molar-refractivity contribution in [1.29, 1.82) is 0 Å². The highest BCUT2D eigenvalue weighted by atomic mass is 32.2. The van der Waals surface area contributed by atoms with Crippen LogP contribution in [0.4, 0.5) is 0 Å². The van der Waals surface area contributed by atoms with Crippen molar-refractivity contribution >= 4 is 29.4 Å². The van der Waals surface area contributed by atoms with E-state index in [1.54, 1.807) is 0 Å². The van der Waals surface area contributed by atoms with E-state index in [0.717, 1.165) is 19.3 Å². The summed E-state index contributed by atoms with van der Waals surface area (Å²) in [7, 11) is 0. The van der Waals surface area contributed by atoms with E-state index in [1.807, 2.05) is 6.26 Å². The smallest absolute Gasteiger partial charge is 0.242 e. The third-order valence-electron chi connectivity index (χ3n) is 2.82. The Labute approximate surface area is 108 Å². The zero-order chi connectivity index (χ0) is 13.5. The van der Waals surface area contributed by atoms with Gasteiger partial charge in [-0.25, -0.2) is 0 Å². The normalized spacial score (nSPS) is 20.9. The third-order valence-corrected chi connectivity index (χ3v) is 3.76. The van der Waals surface area contributed by atoms with Gasteiger partial charge in [0, 0.05) is 20.8 Å². The summed E-state index contributed by atoms with van der Waals surface area (Å²) < 4.78 is 6.87. The molecule has 0 aromatic rings. The Bertz CT molecular complexity index is 335. The van der Waals surface area contributed by atoms with E-state index in [4.69, 9.17) is 1.37 Å². The summed E-state index contributed by atoms with van der Waals surface area (Å²) in [5.41, 5.74) is 0. The predicted octanol–water partition coefficient (Wildman–Crippen LogP) is 1.63. The molecular weight excluding hydrogens is 238 g/mol. The molecule has 4 nitrogen and oxygen atoms in total. The molecule has 1 atom stereocenters. The molecule has 1 heterocycles. The van der Waals surface area contributed by atoms with E-state index >= 15 is 0 Å². The van der Waals surface area contributed by atoms with E-state index in [0.29, 0.717) is 19.4 Å². The molecular formula is C12H19NO3S. The lowest BCUT2D eigenvalue weighted by Gasteiger charge is -2.13. The lowest BCUT2D eigenvalue weighted by Crippen LogP contribution is -2.32. The second-order valence-electron chi connectivity index (χ2n) is 4.16. The molecule has 1 rings (SSSR count). The largest absolute Gasteiger partial charge is 0.300 e. The standard InChI is InChI=1S/C12H19NO3S/c1-9(14)6-4-3-5-7-13-11(15)8-10(17-2)12(13)16/h10H,3-8H2,1-2H3/i1D. The van der Waals surface area contributed by atoms with Gasteiger partial charge in [0.25, 0.3) is 0 Å². The number of thioether (sulfide) groups is 1. The van der Waals surface area contributed by atoms with Crippen molar-refractivity contribution < 1.29 is 15.8 Å². The maximum absolute atomic E-state index is 11.8. The average molecular weight is 258 g/mol. The van der Waals surface area contributed by atoms with Crippen molar-refractivity contribution in [3.05, 3.63) is 0 Å². The summed E-state index contributed by atoms with van der Waals surface area (Å²) in [6.07, 6.45) is 4.87. The van der Waals surface area contributed by atoms with E-state index < -0.39 is 0 Å². The zero-order valence-corrected chi connectivity index (χ0v) is 10.9. The summed E-state index contributed by atoms with van der Waals surface area (Å²) in [4.78, 5) is 35.6. The molecule has 0 N–H and O–H groups in total. The van der Waals surface area contributed by atoms with Crippen molar-refractivity contribution in [3.63, 3.8) is 0 Å². The van der Waals surface area contributed by atoms with Gasteiger partial charge in [-0.2, -0.15) is 11.8 Å². The fourth-order valence-corrected chi connectivity index (χ4v) is 2.48. The molecule has 1 unspecified atom stereocenters. The van der Waals surface area contributed by atoms with Crippen LogP contribution in [0.1, 0.15) is 40.4 Å². The Balaban J connectivity index is 2.21. The van der Waals surface area contributed by atoms with Crippen molar-refractivity contribution in [2.24, 2.45) is 0 Å². The predicted molar refractivity (Wildman–Crippen MR) is 67.8 cm³/mol. The first-order valence-electron chi connectivity index (χ1n) is 6.48. The number of hydrogen-bond donors (Lipinski definition) is 0. The summed E-state index contributed by atoms with van der Waals surface area (Å²) in [5.74, 6) is -0.206. The molecule has 1 fully saturated rings. The number of hydrogen-bond acceptors (Lipinski definition) is 4. The molecule has 2 amide bonds. The van der Waals surface area contributed by atoms with Gasteiger partial charge in [-0.05, 0) is 26.0 Å². The number of amides is 2. The number of carbonyl (C=O) groups excluding carboxylic acids is 3. The number of rotatable bonds is 7. The number of carbonyl (C=O) groups is 3. The number of ketones is 1. The lowest BCUT2D eigenvalue weighted by molar-refractivity contribution is -0.138. The van der Waals surface area contributed by atoms with Crippen LogP contribution >= 0.6 is 11.8 Å². The highest BCUT2D eigenvalue weighted by Gasteiger charge is 2.37. The van der Waals surface area contributed by atoms with Crippen molar-refractivity contribution in [1.82, 2.24) is 4.90 Å². The minimum absolute atomic E-state index is 0.0502.